The van der Waals surface area contributed by atoms with E-state index in [1.165, 1.54) is 5.56 Å². The maximum absolute atomic E-state index is 12.4. The predicted octanol–water partition coefficient (Wildman–Crippen LogP) is 3.36. The molecule has 0 spiro atoms. The van der Waals surface area contributed by atoms with Crippen LogP contribution in [0, 0.1) is 0 Å². The number of ether oxygens (including phenoxy) is 1. The second kappa shape index (κ2) is 8.53. The summed E-state index contributed by atoms with van der Waals surface area (Å²) >= 11 is 0. The average molecular weight is 365 g/mol. The van der Waals surface area contributed by atoms with Crippen molar-refractivity contribution in [2.75, 3.05) is 26.2 Å². The van der Waals surface area contributed by atoms with Crippen LogP contribution in [-0.2, 0) is 6.54 Å². The first kappa shape index (κ1) is 18.0. The van der Waals surface area contributed by atoms with Gasteiger partial charge >= 0.3 is 0 Å². The zero-order valence-corrected chi connectivity index (χ0v) is 15.7. The summed E-state index contributed by atoms with van der Waals surface area (Å²) in [6.07, 6.45) is 8.24. The molecule has 0 unspecified atom stereocenters. The molecule has 0 radical (unpaired) electrons. The fraction of sp³-hybridized carbons (Fsp3) is 0.455. The van der Waals surface area contributed by atoms with Gasteiger partial charge in [-0.15, -0.1) is 0 Å². The van der Waals surface area contributed by atoms with Crippen LogP contribution in [0.25, 0.3) is 0 Å². The maximum atomic E-state index is 12.4. The highest BCUT2D eigenvalue weighted by atomic mass is 16.5. The highest BCUT2D eigenvalue weighted by molar-refractivity contribution is 5.94. The SMILES string of the molecule is O=C(c1ccc(OC2CCN(Cc3ccncc3)CC2)cc1)N1CCCC1. The molecule has 1 amide bonds. The van der Waals surface area contributed by atoms with Crippen LogP contribution in [0.3, 0.4) is 0 Å². The number of hydrogen-bond acceptors (Lipinski definition) is 4. The maximum Gasteiger partial charge on any atom is 0.253 e. The van der Waals surface area contributed by atoms with Crippen LogP contribution in [0.2, 0.25) is 0 Å². The lowest BCUT2D eigenvalue weighted by atomic mass is 10.1. The second-order valence-corrected chi connectivity index (χ2v) is 7.47. The Hall–Kier alpha value is -2.40. The zero-order chi connectivity index (χ0) is 18.5. The van der Waals surface area contributed by atoms with Crippen LogP contribution in [0.15, 0.2) is 48.8 Å². The van der Waals surface area contributed by atoms with E-state index in [9.17, 15) is 4.79 Å². The number of rotatable bonds is 5. The van der Waals surface area contributed by atoms with Crippen molar-refractivity contribution in [3.63, 3.8) is 0 Å². The van der Waals surface area contributed by atoms with Gasteiger partial charge in [-0.05, 0) is 67.6 Å². The number of hydrogen-bond donors (Lipinski definition) is 0. The van der Waals surface area contributed by atoms with E-state index in [2.05, 4.69) is 22.0 Å². The minimum absolute atomic E-state index is 0.142. The van der Waals surface area contributed by atoms with E-state index < -0.39 is 0 Å². The average Bonchev–Trinajstić information content (AvgIpc) is 3.25. The molecule has 0 saturated carbocycles. The second-order valence-electron chi connectivity index (χ2n) is 7.47. The molecule has 5 nitrogen and oxygen atoms in total. The molecule has 27 heavy (non-hydrogen) atoms. The van der Waals surface area contributed by atoms with E-state index in [1.54, 1.807) is 0 Å². The van der Waals surface area contributed by atoms with Gasteiger partial charge in [-0.1, -0.05) is 0 Å². The van der Waals surface area contributed by atoms with E-state index in [0.29, 0.717) is 0 Å². The Balaban J connectivity index is 1.26. The van der Waals surface area contributed by atoms with Gasteiger partial charge in [0.2, 0.25) is 0 Å². The van der Waals surface area contributed by atoms with Gasteiger partial charge in [-0.25, -0.2) is 0 Å². The van der Waals surface area contributed by atoms with Gasteiger partial charge in [0.25, 0.3) is 5.91 Å². The molecule has 2 aliphatic heterocycles. The first-order valence-electron chi connectivity index (χ1n) is 9.95. The van der Waals surface area contributed by atoms with Crippen LogP contribution in [0.5, 0.6) is 5.75 Å². The molecule has 1 aromatic carbocycles. The van der Waals surface area contributed by atoms with Crippen molar-refractivity contribution in [3.05, 3.63) is 59.9 Å². The summed E-state index contributed by atoms with van der Waals surface area (Å²) in [4.78, 5) is 20.9. The Labute approximate surface area is 161 Å². The molecule has 4 rings (SSSR count). The highest BCUT2D eigenvalue weighted by Gasteiger charge is 2.22. The Kier molecular flexibility index (Phi) is 5.68. The van der Waals surface area contributed by atoms with Crippen LogP contribution in [0.4, 0.5) is 0 Å². The summed E-state index contributed by atoms with van der Waals surface area (Å²) in [6, 6.07) is 11.8. The van der Waals surface area contributed by atoms with Crippen molar-refractivity contribution in [1.29, 1.82) is 0 Å². The van der Waals surface area contributed by atoms with Crippen molar-refractivity contribution in [2.24, 2.45) is 0 Å². The topological polar surface area (TPSA) is 45.7 Å². The lowest BCUT2D eigenvalue weighted by molar-refractivity contribution is 0.0792. The molecule has 2 aliphatic rings. The van der Waals surface area contributed by atoms with Gasteiger partial charge in [-0.3, -0.25) is 14.7 Å². The molecular formula is C22H27N3O2. The molecule has 2 saturated heterocycles. The zero-order valence-electron chi connectivity index (χ0n) is 15.7. The van der Waals surface area contributed by atoms with Crippen molar-refractivity contribution >= 4 is 5.91 Å². The first-order chi connectivity index (χ1) is 13.3. The number of carbonyl (C=O) groups excluding carboxylic acids is 1. The summed E-state index contributed by atoms with van der Waals surface area (Å²) in [5.41, 5.74) is 2.07. The molecular weight excluding hydrogens is 338 g/mol. The van der Waals surface area contributed by atoms with E-state index in [4.69, 9.17) is 4.74 Å². The number of piperidine rings is 1. The number of benzene rings is 1. The monoisotopic (exact) mass is 365 g/mol. The Morgan fingerprint density at radius 3 is 2.30 bits per heavy atom. The molecule has 1 aromatic heterocycles. The van der Waals surface area contributed by atoms with E-state index in [-0.39, 0.29) is 12.0 Å². The van der Waals surface area contributed by atoms with Crippen molar-refractivity contribution < 1.29 is 9.53 Å². The number of carbonyl (C=O) groups is 1. The molecule has 0 atom stereocenters. The van der Waals surface area contributed by atoms with Gasteiger partial charge in [0, 0.05) is 50.7 Å². The summed E-state index contributed by atoms with van der Waals surface area (Å²) in [7, 11) is 0. The molecule has 2 aromatic rings. The molecule has 0 aliphatic carbocycles. The van der Waals surface area contributed by atoms with Crippen LogP contribution < -0.4 is 4.74 Å². The minimum atomic E-state index is 0.142. The fourth-order valence-electron chi connectivity index (χ4n) is 3.90. The van der Waals surface area contributed by atoms with Gasteiger partial charge < -0.3 is 9.64 Å². The van der Waals surface area contributed by atoms with Crippen molar-refractivity contribution in [1.82, 2.24) is 14.8 Å². The van der Waals surface area contributed by atoms with E-state index in [0.717, 1.165) is 69.7 Å². The molecule has 5 heteroatoms. The number of nitrogens with zero attached hydrogens (tertiary/aromatic N) is 3. The predicted molar refractivity (Wildman–Crippen MR) is 105 cm³/mol. The third-order valence-corrected chi connectivity index (χ3v) is 5.49. The Morgan fingerprint density at radius 1 is 0.963 bits per heavy atom. The molecule has 2 fully saturated rings. The first-order valence-corrected chi connectivity index (χ1v) is 9.95. The number of likely N-dealkylation sites (tertiary alicyclic amines) is 2. The van der Waals surface area contributed by atoms with Gasteiger partial charge in [0.1, 0.15) is 11.9 Å². The van der Waals surface area contributed by atoms with Crippen molar-refractivity contribution in [3.8, 4) is 5.75 Å². The number of amides is 1. The summed E-state index contributed by atoms with van der Waals surface area (Å²) in [6.45, 7) is 4.82. The Morgan fingerprint density at radius 2 is 1.63 bits per heavy atom. The van der Waals surface area contributed by atoms with Gasteiger partial charge in [0.05, 0.1) is 0 Å². The lowest BCUT2D eigenvalue weighted by Crippen LogP contribution is -2.37. The quantitative estimate of drug-likeness (QED) is 0.815. The summed E-state index contributed by atoms with van der Waals surface area (Å²) < 4.78 is 6.15. The van der Waals surface area contributed by atoms with Crippen LogP contribution >= 0.6 is 0 Å². The lowest BCUT2D eigenvalue weighted by Gasteiger charge is -2.32. The normalized spacial score (nSPS) is 18.6. The van der Waals surface area contributed by atoms with Gasteiger partial charge in [-0.2, -0.15) is 0 Å². The minimum Gasteiger partial charge on any atom is -0.490 e. The third kappa shape index (κ3) is 4.66. The van der Waals surface area contributed by atoms with E-state index >= 15 is 0 Å². The summed E-state index contributed by atoms with van der Waals surface area (Å²) in [5.74, 6) is 1.00. The molecule has 3 heterocycles. The fourth-order valence-corrected chi connectivity index (χ4v) is 3.90. The van der Waals surface area contributed by atoms with Crippen LogP contribution in [-0.4, -0.2) is 53.0 Å². The molecule has 142 valence electrons. The Bertz CT molecular complexity index is 734. The van der Waals surface area contributed by atoms with Gasteiger partial charge in [0.15, 0.2) is 0 Å². The van der Waals surface area contributed by atoms with Crippen LogP contribution in [0.1, 0.15) is 41.6 Å². The molecule has 0 N–H and O–H groups in total. The van der Waals surface area contributed by atoms with E-state index in [1.807, 2.05) is 41.6 Å². The number of aromatic nitrogens is 1. The smallest absolute Gasteiger partial charge is 0.253 e. The van der Waals surface area contributed by atoms with Crippen molar-refractivity contribution in [2.45, 2.75) is 38.3 Å². The largest absolute Gasteiger partial charge is 0.490 e. The summed E-state index contributed by atoms with van der Waals surface area (Å²) in [5, 5.41) is 0. The number of pyridine rings is 1. The third-order valence-electron chi connectivity index (χ3n) is 5.49. The standard InChI is InChI=1S/C22H27N3O2/c26-22(25-13-1-2-14-25)19-3-5-20(6-4-19)27-21-9-15-24(16-10-21)17-18-7-11-23-12-8-18/h3-8,11-12,21H,1-2,9-10,13-17H2. The highest BCUT2D eigenvalue weighted by Crippen LogP contribution is 2.21. The molecule has 0 bridgehead atoms.